The number of benzene rings is 3. The van der Waals surface area contributed by atoms with Crippen molar-refractivity contribution >= 4 is 43.5 Å². The largest absolute Gasteiger partial charge is 0.477 e. The van der Waals surface area contributed by atoms with Gasteiger partial charge in [0, 0.05) is 17.6 Å². The second-order valence-corrected chi connectivity index (χ2v) is 11.3. The third-order valence-corrected chi connectivity index (χ3v) is 8.50. The molecular weight excluding hydrogens is 558 g/mol. The molecule has 0 saturated carbocycles. The normalized spacial score (nSPS) is 15.1. The van der Waals surface area contributed by atoms with Crippen LogP contribution in [0.3, 0.4) is 0 Å². The fraction of sp³-hybridized carbons (Fsp3) is 0.259. The first-order valence-electron chi connectivity index (χ1n) is 11.9. The van der Waals surface area contributed by atoms with Crippen LogP contribution in [0.15, 0.2) is 88.2 Å². The molecule has 3 aromatic carbocycles. The summed E-state index contributed by atoms with van der Waals surface area (Å²) in [5.41, 5.74) is 1.60. The lowest BCUT2D eigenvalue weighted by atomic mass is 10.1. The van der Waals surface area contributed by atoms with Crippen molar-refractivity contribution in [3.05, 3.63) is 88.9 Å². The zero-order valence-corrected chi connectivity index (χ0v) is 22.7. The highest BCUT2D eigenvalue weighted by Gasteiger charge is 2.35. The fourth-order valence-corrected chi connectivity index (χ4v) is 5.72. The van der Waals surface area contributed by atoms with Gasteiger partial charge in [-0.15, -0.1) is 0 Å². The molecular formula is C27H28BrN3O5S. The lowest BCUT2D eigenvalue weighted by Gasteiger charge is -2.35. The van der Waals surface area contributed by atoms with E-state index in [0.29, 0.717) is 24.4 Å². The Hall–Kier alpha value is -3.21. The first-order chi connectivity index (χ1) is 17.8. The maximum Gasteiger partial charge on any atom is 0.262 e. The number of sulfonamides is 1. The number of para-hydroxylation sites is 2. The summed E-state index contributed by atoms with van der Waals surface area (Å²) in [4.78, 5) is 27.9. The number of rotatable bonds is 9. The molecule has 8 nitrogen and oxygen atoms in total. The Balaban J connectivity index is 1.48. The van der Waals surface area contributed by atoms with Crippen LogP contribution in [0.25, 0.3) is 0 Å². The average Bonchev–Trinajstić information content (AvgIpc) is 2.91. The molecule has 1 aliphatic rings. The summed E-state index contributed by atoms with van der Waals surface area (Å²) in [6.07, 6.45) is -0.259. The number of fused-ring (bicyclic) bond motifs is 1. The van der Waals surface area contributed by atoms with Crippen LogP contribution in [0.1, 0.15) is 12.5 Å². The van der Waals surface area contributed by atoms with Crippen molar-refractivity contribution in [1.29, 1.82) is 0 Å². The minimum atomic E-state index is -3.89. The predicted molar refractivity (Wildman–Crippen MR) is 145 cm³/mol. The van der Waals surface area contributed by atoms with E-state index in [9.17, 15) is 18.0 Å². The van der Waals surface area contributed by atoms with Crippen molar-refractivity contribution < 1.29 is 22.7 Å². The molecule has 37 heavy (non-hydrogen) atoms. The van der Waals surface area contributed by atoms with Crippen LogP contribution in [0.2, 0.25) is 0 Å². The van der Waals surface area contributed by atoms with Crippen LogP contribution in [-0.4, -0.2) is 56.8 Å². The molecule has 1 atom stereocenters. The summed E-state index contributed by atoms with van der Waals surface area (Å²) in [5.74, 6) is -0.387. The quantitative estimate of drug-likeness (QED) is 0.414. The van der Waals surface area contributed by atoms with Gasteiger partial charge in [0.2, 0.25) is 15.9 Å². The molecule has 0 radical (unpaired) electrons. The molecule has 0 saturated heterocycles. The number of hydrogen-bond acceptors (Lipinski definition) is 5. The van der Waals surface area contributed by atoms with E-state index >= 15 is 0 Å². The molecule has 1 heterocycles. The molecule has 0 aliphatic carbocycles. The van der Waals surface area contributed by atoms with Crippen molar-refractivity contribution in [2.24, 2.45) is 0 Å². The number of amides is 2. The highest BCUT2D eigenvalue weighted by Crippen LogP contribution is 2.33. The molecule has 1 aliphatic heterocycles. The van der Waals surface area contributed by atoms with E-state index in [1.165, 1.54) is 17.0 Å². The van der Waals surface area contributed by atoms with Gasteiger partial charge >= 0.3 is 0 Å². The van der Waals surface area contributed by atoms with Gasteiger partial charge < -0.3 is 15.0 Å². The second kappa shape index (κ2) is 11.9. The molecule has 1 N–H and O–H groups in total. The number of nitrogens with zero attached hydrogens (tertiary/aromatic N) is 2. The number of hydrogen-bond donors (Lipinski definition) is 1. The van der Waals surface area contributed by atoms with E-state index in [1.807, 2.05) is 30.3 Å². The summed E-state index contributed by atoms with van der Waals surface area (Å²) in [7, 11) is -3.89. The number of carbonyl (C=O) groups excluding carboxylic acids is 2. The monoisotopic (exact) mass is 585 g/mol. The van der Waals surface area contributed by atoms with E-state index in [0.717, 1.165) is 14.3 Å². The van der Waals surface area contributed by atoms with Crippen LogP contribution in [0.5, 0.6) is 5.75 Å². The maximum atomic E-state index is 13.5. The lowest BCUT2D eigenvalue weighted by Crippen LogP contribution is -2.53. The van der Waals surface area contributed by atoms with Crippen LogP contribution in [0.4, 0.5) is 5.69 Å². The molecule has 10 heteroatoms. The minimum Gasteiger partial charge on any atom is -0.477 e. The van der Waals surface area contributed by atoms with Crippen molar-refractivity contribution in [3.8, 4) is 5.75 Å². The summed E-state index contributed by atoms with van der Waals surface area (Å²) < 4.78 is 34.2. The zero-order chi connectivity index (χ0) is 26.4. The number of halogens is 1. The first-order valence-corrected chi connectivity index (χ1v) is 14.2. The van der Waals surface area contributed by atoms with Gasteiger partial charge in [-0.1, -0.05) is 65.3 Å². The van der Waals surface area contributed by atoms with Gasteiger partial charge in [0.25, 0.3) is 5.91 Å². The van der Waals surface area contributed by atoms with Crippen molar-refractivity contribution in [3.63, 3.8) is 0 Å². The van der Waals surface area contributed by atoms with Gasteiger partial charge in [0.1, 0.15) is 5.75 Å². The highest BCUT2D eigenvalue weighted by atomic mass is 79.9. The van der Waals surface area contributed by atoms with E-state index in [2.05, 4.69) is 21.2 Å². The minimum absolute atomic E-state index is 0.0249. The van der Waals surface area contributed by atoms with E-state index in [4.69, 9.17) is 4.74 Å². The van der Waals surface area contributed by atoms with Gasteiger partial charge in [-0.2, -0.15) is 4.31 Å². The maximum absolute atomic E-state index is 13.5. The molecule has 0 bridgehead atoms. The van der Waals surface area contributed by atoms with Gasteiger partial charge in [0.15, 0.2) is 6.10 Å². The molecule has 0 unspecified atom stereocenters. The Morgan fingerprint density at radius 2 is 1.70 bits per heavy atom. The topological polar surface area (TPSA) is 96.0 Å². The van der Waals surface area contributed by atoms with Crippen LogP contribution < -0.4 is 15.0 Å². The fourth-order valence-electron chi connectivity index (χ4n) is 4.05. The standard InChI is InChI=1S/C27H28BrN3O5S/c1-2-30(37(34,35)22-14-12-21(28)13-15-22)19-26(32)31-18-25(36-24-11-7-6-10-23(24)31)27(33)29-17-16-20-8-4-3-5-9-20/h3-15,25H,2,16-19H2,1H3,(H,29,33)/t25-/m0/s1. The van der Waals surface area contributed by atoms with Gasteiger partial charge in [-0.05, 0) is 48.4 Å². The van der Waals surface area contributed by atoms with Gasteiger partial charge in [-0.3, -0.25) is 9.59 Å². The Bertz CT molecular complexity index is 1350. The number of nitrogens with one attached hydrogen (secondary N) is 1. The zero-order valence-electron chi connectivity index (χ0n) is 20.3. The van der Waals surface area contributed by atoms with E-state index in [1.54, 1.807) is 43.3 Å². The average molecular weight is 587 g/mol. The van der Waals surface area contributed by atoms with Crippen LogP contribution >= 0.6 is 15.9 Å². The lowest BCUT2D eigenvalue weighted by molar-refractivity contribution is -0.128. The molecule has 3 aromatic rings. The van der Waals surface area contributed by atoms with Crippen molar-refractivity contribution in [1.82, 2.24) is 9.62 Å². The van der Waals surface area contributed by atoms with Crippen molar-refractivity contribution in [2.75, 3.05) is 31.1 Å². The molecule has 0 fully saturated rings. The highest BCUT2D eigenvalue weighted by molar-refractivity contribution is 9.10. The first kappa shape index (κ1) is 26.8. The van der Waals surface area contributed by atoms with Crippen molar-refractivity contribution in [2.45, 2.75) is 24.3 Å². The Morgan fingerprint density at radius 1 is 1.03 bits per heavy atom. The summed E-state index contributed by atoms with van der Waals surface area (Å²) >= 11 is 3.31. The Morgan fingerprint density at radius 3 is 2.41 bits per heavy atom. The number of likely N-dealkylation sites (N-methyl/N-ethyl adjacent to an activating group) is 1. The van der Waals surface area contributed by atoms with Gasteiger partial charge in [-0.25, -0.2) is 8.42 Å². The van der Waals surface area contributed by atoms with Gasteiger partial charge in [0.05, 0.1) is 23.7 Å². The third-order valence-electron chi connectivity index (χ3n) is 6.04. The molecule has 0 spiro atoms. The number of ether oxygens (including phenoxy) is 1. The molecule has 194 valence electrons. The number of anilines is 1. The van der Waals surface area contributed by atoms with E-state index < -0.39 is 22.0 Å². The third kappa shape index (κ3) is 6.38. The smallest absolute Gasteiger partial charge is 0.262 e. The Kier molecular flexibility index (Phi) is 8.63. The Labute approximate surface area is 225 Å². The summed E-state index contributed by atoms with van der Waals surface area (Å²) in [5, 5.41) is 2.88. The summed E-state index contributed by atoms with van der Waals surface area (Å²) in [6, 6.07) is 23.0. The molecule has 2 amide bonds. The molecule has 4 rings (SSSR count). The molecule has 0 aromatic heterocycles. The second-order valence-electron chi connectivity index (χ2n) is 8.49. The van der Waals surface area contributed by atoms with Crippen LogP contribution in [0, 0.1) is 0 Å². The number of carbonyl (C=O) groups is 2. The predicted octanol–water partition coefficient (Wildman–Crippen LogP) is 3.61. The van der Waals surface area contributed by atoms with E-state index in [-0.39, 0.29) is 30.4 Å². The summed E-state index contributed by atoms with van der Waals surface area (Å²) in [6.45, 7) is 1.82. The van der Waals surface area contributed by atoms with Crippen LogP contribution in [-0.2, 0) is 26.0 Å². The SMILES string of the molecule is CCN(CC(=O)N1C[C@@H](C(=O)NCCc2ccccc2)Oc2ccccc21)S(=O)(=O)c1ccc(Br)cc1.